The highest BCUT2D eigenvalue weighted by Crippen LogP contribution is 2.31. The van der Waals surface area contributed by atoms with E-state index in [4.69, 9.17) is 5.11 Å². The van der Waals surface area contributed by atoms with Gasteiger partial charge in [-0.15, -0.1) is 11.3 Å². The number of unbranched alkanes of at least 4 members (excludes halogenated alkanes) is 1. The molecule has 0 saturated heterocycles. The molecule has 0 radical (unpaired) electrons. The van der Waals surface area contributed by atoms with E-state index < -0.39 is 11.2 Å². The van der Waals surface area contributed by atoms with Crippen molar-refractivity contribution >= 4 is 11.3 Å². The summed E-state index contributed by atoms with van der Waals surface area (Å²) in [6.07, 6.45) is -2.29. The van der Waals surface area contributed by atoms with Crippen molar-refractivity contribution in [2.24, 2.45) is 0 Å². The Labute approximate surface area is 88.8 Å². The third-order valence-electron chi connectivity index (χ3n) is 1.42. The molecule has 0 aliphatic carbocycles. The van der Waals surface area contributed by atoms with E-state index in [0.29, 0.717) is 29.1 Å². The van der Waals surface area contributed by atoms with Crippen molar-refractivity contribution in [3.63, 3.8) is 0 Å². The highest BCUT2D eigenvalue weighted by molar-refractivity contribution is 7.12. The number of thiazole rings is 1. The first-order chi connectivity index (χ1) is 7.04. The molecular weight excluding hydrogens is 227 g/mol. The summed E-state index contributed by atoms with van der Waals surface area (Å²) in [5.41, 5.74) is 0. The minimum absolute atomic E-state index is 0.0329. The Balaban J connectivity index is 2.63. The first-order valence-electron chi connectivity index (χ1n) is 4.17. The summed E-state index contributed by atoms with van der Waals surface area (Å²) >= 11 is 0.526. The van der Waals surface area contributed by atoms with Crippen LogP contribution in [-0.4, -0.2) is 16.7 Å². The molecule has 0 aromatic carbocycles. The van der Waals surface area contributed by atoms with Crippen molar-refractivity contribution in [2.45, 2.75) is 19.0 Å². The van der Waals surface area contributed by atoms with E-state index in [2.05, 4.69) is 16.8 Å². The van der Waals surface area contributed by atoms with Crippen LogP contribution in [-0.2, 0) is 6.18 Å². The van der Waals surface area contributed by atoms with Crippen molar-refractivity contribution in [1.82, 2.24) is 4.98 Å². The van der Waals surface area contributed by atoms with Crippen LogP contribution in [0.5, 0.6) is 0 Å². The molecule has 0 fully saturated rings. The maximum Gasteiger partial charge on any atom is 0.443 e. The number of alkyl halides is 3. The Bertz CT molecular complexity index is 375. The Morgan fingerprint density at radius 2 is 2.20 bits per heavy atom. The van der Waals surface area contributed by atoms with Crippen molar-refractivity contribution in [3.8, 4) is 11.8 Å². The molecule has 0 atom stereocenters. The van der Waals surface area contributed by atoms with Gasteiger partial charge in [0.2, 0.25) is 0 Å². The average Bonchev–Trinajstić information content (AvgIpc) is 2.60. The summed E-state index contributed by atoms with van der Waals surface area (Å²) in [6, 6.07) is 0. The molecule has 15 heavy (non-hydrogen) atoms. The number of aromatic nitrogens is 1. The maximum absolute atomic E-state index is 12.1. The highest BCUT2D eigenvalue weighted by Gasteiger charge is 2.34. The van der Waals surface area contributed by atoms with Crippen LogP contribution in [0.15, 0.2) is 6.20 Å². The molecule has 2 nitrogen and oxygen atoms in total. The normalized spacial score (nSPS) is 10.9. The van der Waals surface area contributed by atoms with Gasteiger partial charge in [0.25, 0.3) is 0 Å². The van der Waals surface area contributed by atoms with Crippen molar-refractivity contribution in [2.75, 3.05) is 6.61 Å². The smallest absolute Gasteiger partial charge is 0.396 e. The number of hydrogen-bond donors (Lipinski definition) is 1. The Morgan fingerprint density at radius 3 is 2.73 bits per heavy atom. The van der Waals surface area contributed by atoms with Gasteiger partial charge in [-0.1, -0.05) is 11.8 Å². The summed E-state index contributed by atoms with van der Waals surface area (Å²) in [5.74, 6) is 5.23. The van der Waals surface area contributed by atoms with Gasteiger partial charge in [0.1, 0.15) is 0 Å². The van der Waals surface area contributed by atoms with Crippen LogP contribution in [0.25, 0.3) is 0 Å². The molecule has 1 aromatic heterocycles. The van der Waals surface area contributed by atoms with Gasteiger partial charge in [0.15, 0.2) is 5.01 Å². The van der Waals surface area contributed by atoms with Crippen LogP contribution >= 0.6 is 11.3 Å². The van der Waals surface area contributed by atoms with Crippen molar-refractivity contribution < 1.29 is 18.3 Å². The summed E-state index contributed by atoms with van der Waals surface area (Å²) < 4.78 is 36.3. The zero-order valence-electron chi connectivity index (χ0n) is 7.64. The van der Waals surface area contributed by atoms with Crippen LogP contribution in [0.1, 0.15) is 22.7 Å². The number of aliphatic hydroxyl groups is 1. The van der Waals surface area contributed by atoms with E-state index in [1.165, 1.54) is 0 Å². The molecule has 82 valence electrons. The minimum Gasteiger partial charge on any atom is -0.396 e. The molecule has 0 amide bonds. The van der Waals surface area contributed by atoms with Crippen LogP contribution in [0.3, 0.4) is 0 Å². The Hall–Kier alpha value is -1.06. The number of halogens is 3. The SMILES string of the molecule is OCCCC#Cc1cnc(C(F)(F)F)s1. The van der Waals surface area contributed by atoms with Crippen molar-refractivity contribution in [1.29, 1.82) is 0 Å². The maximum atomic E-state index is 12.1. The van der Waals surface area contributed by atoms with Crippen molar-refractivity contribution in [3.05, 3.63) is 16.1 Å². The van der Waals surface area contributed by atoms with Gasteiger partial charge in [-0.25, -0.2) is 4.98 Å². The number of hydrogen-bond acceptors (Lipinski definition) is 3. The zero-order chi connectivity index (χ0) is 11.3. The highest BCUT2D eigenvalue weighted by atomic mass is 32.1. The third-order valence-corrected chi connectivity index (χ3v) is 2.38. The lowest BCUT2D eigenvalue weighted by Crippen LogP contribution is -2.02. The van der Waals surface area contributed by atoms with Crippen LogP contribution in [0.2, 0.25) is 0 Å². The fraction of sp³-hybridized carbons (Fsp3) is 0.444. The standard InChI is InChI=1S/C9H8F3NOS/c10-9(11,12)8-13-6-7(15-8)4-2-1-3-5-14/h6,14H,1,3,5H2. The number of rotatable bonds is 2. The van der Waals surface area contributed by atoms with Crippen LogP contribution in [0, 0.1) is 11.8 Å². The Kier molecular flexibility index (Phi) is 4.12. The van der Waals surface area contributed by atoms with Gasteiger partial charge in [-0.05, 0) is 6.42 Å². The van der Waals surface area contributed by atoms with E-state index in [1.807, 2.05) is 0 Å². The fourth-order valence-corrected chi connectivity index (χ4v) is 1.44. The van der Waals surface area contributed by atoms with Crippen LogP contribution in [0.4, 0.5) is 13.2 Å². The first kappa shape index (κ1) is 12.0. The summed E-state index contributed by atoms with van der Waals surface area (Å²) in [6.45, 7) is 0.0329. The fourth-order valence-electron chi connectivity index (χ4n) is 0.780. The van der Waals surface area contributed by atoms with Gasteiger partial charge >= 0.3 is 6.18 Å². The predicted octanol–water partition coefficient (Wildman–Crippen LogP) is 2.29. The van der Waals surface area contributed by atoms with Crippen LogP contribution < -0.4 is 0 Å². The number of nitrogens with zero attached hydrogens (tertiary/aromatic N) is 1. The van der Waals surface area contributed by atoms with E-state index >= 15 is 0 Å². The molecule has 6 heteroatoms. The van der Waals surface area contributed by atoms with E-state index in [-0.39, 0.29) is 6.61 Å². The van der Waals surface area contributed by atoms with E-state index in [9.17, 15) is 13.2 Å². The Morgan fingerprint density at radius 1 is 1.47 bits per heavy atom. The molecule has 0 aliphatic rings. The topological polar surface area (TPSA) is 33.1 Å². The molecule has 0 saturated carbocycles. The summed E-state index contributed by atoms with van der Waals surface area (Å²) in [4.78, 5) is 3.52. The molecule has 1 aromatic rings. The molecule has 1 rings (SSSR count). The zero-order valence-corrected chi connectivity index (χ0v) is 8.45. The lowest BCUT2D eigenvalue weighted by molar-refractivity contribution is -0.137. The average molecular weight is 235 g/mol. The van der Waals surface area contributed by atoms with Gasteiger partial charge in [-0.3, -0.25) is 0 Å². The molecule has 0 aliphatic heterocycles. The third kappa shape index (κ3) is 3.90. The lowest BCUT2D eigenvalue weighted by Gasteiger charge is -1.98. The second-order valence-electron chi connectivity index (χ2n) is 2.66. The summed E-state index contributed by atoms with van der Waals surface area (Å²) in [7, 11) is 0. The van der Waals surface area contributed by atoms with Gasteiger partial charge in [-0.2, -0.15) is 13.2 Å². The van der Waals surface area contributed by atoms with E-state index in [1.54, 1.807) is 0 Å². The molecule has 0 bridgehead atoms. The largest absolute Gasteiger partial charge is 0.443 e. The van der Waals surface area contributed by atoms with Gasteiger partial charge in [0.05, 0.1) is 11.1 Å². The van der Waals surface area contributed by atoms with Gasteiger partial charge < -0.3 is 5.11 Å². The van der Waals surface area contributed by atoms with E-state index in [0.717, 1.165) is 6.20 Å². The quantitative estimate of drug-likeness (QED) is 0.630. The lowest BCUT2D eigenvalue weighted by atomic mass is 10.3. The van der Waals surface area contributed by atoms with Gasteiger partial charge in [0, 0.05) is 13.0 Å². The summed E-state index contributed by atoms with van der Waals surface area (Å²) in [5, 5.41) is 7.57. The second-order valence-corrected chi connectivity index (χ2v) is 3.69. The molecule has 1 N–H and O–H groups in total. The molecule has 1 heterocycles. The number of aliphatic hydroxyl groups excluding tert-OH is 1. The second kappa shape index (κ2) is 5.14. The minimum atomic E-state index is -4.39. The molecule has 0 spiro atoms. The predicted molar refractivity (Wildman–Crippen MR) is 50.3 cm³/mol. The monoisotopic (exact) mass is 235 g/mol. The molecular formula is C9H8F3NOS. The first-order valence-corrected chi connectivity index (χ1v) is 4.98. The molecule has 0 unspecified atom stereocenters.